The number of methoxy groups -OCH3 is 1. The zero-order chi connectivity index (χ0) is 20.9. The first-order chi connectivity index (χ1) is 14.7. The fraction of sp³-hybridized carbons (Fsp3) is 0.360. The monoisotopic (exact) mass is 403 g/mol. The molecule has 30 heavy (non-hydrogen) atoms. The predicted octanol–water partition coefficient (Wildman–Crippen LogP) is 4.63. The van der Waals surface area contributed by atoms with Crippen LogP contribution in [0.5, 0.6) is 5.75 Å². The van der Waals surface area contributed by atoms with Crippen molar-refractivity contribution in [1.82, 2.24) is 14.9 Å². The molecule has 2 aromatic carbocycles. The zero-order valence-electron chi connectivity index (χ0n) is 17.7. The minimum absolute atomic E-state index is 0.0330. The van der Waals surface area contributed by atoms with Crippen molar-refractivity contribution in [3.63, 3.8) is 0 Å². The smallest absolute Gasteiger partial charge is 0.221 e. The van der Waals surface area contributed by atoms with Crippen molar-refractivity contribution in [3.8, 4) is 5.75 Å². The van der Waals surface area contributed by atoms with Crippen molar-refractivity contribution in [1.29, 1.82) is 0 Å². The van der Waals surface area contributed by atoms with Crippen LogP contribution in [0.4, 0.5) is 0 Å². The van der Waals surface area contributed by atoms with Gasteiger partial charge in [0.15, 0.2) is 0 Å². The maximum Gasteiger partial charge on any atom is 0.221 e. The molecule has 1 aromatic heterocycles. The van der Waals surface area contributed by atoms with E-state index >= 15 is 0 Å². The van der Waals surface area contributed by atoms with Gasteiger partial charge in [-0.15, -0.1) is 0 Å². The van der Waals surface area contributed by atoms with Crippen LogP contribution in [0.1, 0.15) is 60.8 Å². The predicted molar refractivity (Wildman–Crippen MR) is 118 cm³/mol. The van der Waals surface area contributed by atoms with E-state index < -0.39 is 0 Å². The molecule has 0 fully saturated rings. The third-order valence-electron chi connectivity index (χ3n) is 5.94. The number of nitrogens with zero attached hydrogens (tertiary/aromatic N) is 2. The van der Waals surface area contributed by atoms with Gasteiger partial charge in [-0.3, -0.25) is 4.79 Å². The number of aromatic nitrogens is 2. The number of carbonyl (C=O) groups excluding carboxylic acids is 1. The summed E-state index contributed by atoms with van der Waals surface area (Å²) in [6.07, 6.45) is 5.64. The van der Waals surface area contributed by atoms with Gasteiger partial charge in [-0.05, 0) is 43.0 Å². The first-order valence-corrected chi connectivity index (χ1v) is 10.7. The molecule has 0 radical (unpaired) electrons. The van der Waals surface area contributed by atoms with Gasteiger partial charge in [-0.25, -0.2) is 4.98 Å². The summed E-state index contributed by atoms with van der Waals surface area (Å²) in [5.74, 6) is 1.89. The van der Waals surface area contributed by atoms with Crippen LogP contribution in [0.25, 0.3) is 0 Å². The van der Waals surface area contributed by atoms with Crippen molar-refractivity contribution < 1.29 is 9.53 Å². The van der Waals surface area contributed by atoms with Gasteiger partial charge >= 0.3 is 0 Å². The van der Waals surface area contributed by atoms with Gasteiger partial charge in [-0.2, -0.15) is 0 Å². The van der Waals surface area contributed by atoms with E-state index in [1.165, 1.54) is 6.42 Å². The quantitative estimate of drug-likeness (QED) is 0.626. The molecule has 2 heterocycles. The maximum absolute atomic E-state index is 12.9. The first-order valence-electron chi connectivity index (χ1n) is 10.7. The zero-order valence-corrected chi connectivity index (χ0v) is 17.7. The second kappa shape index (κ2) is 9.16. The highest BCUT2D eigenvalue weighted by molar-refractivity contribution is 5.77. The lowest BCUT2D eigenvalue weighted by Crippen LogP contribution is -2.26. The minimum Gasteiger partial charge on any atom is -0.497 e. The van der Waals surface area contributed by atoms with E-state index in [0.717, 1.165) is 41.2 Å². The Kier molecular flexibility index (Phi) is 6.17. The summed E-state index contributed by atoms with van der Waals surface area (Å²) in [7, 11) is 1.67. The van der Waals surface area contributed by atoms with Gasteiger partial charge in [-0.1, -0.05) is 42.5 Å². The molecule has 5 nitrogen and oxygen atoms in total. The summed E-state index contributed by atoms with van der Waals surface area (Å²) in [4.78, 5) is 17.6. The molecule has 156 valence electrons. The Morgan fingerprint density at radius 1 is 1.23 bits per heavy atom. The van der Waals surface area contributed by atoms with E-state index in [-0.39, 0.29) is 11.8 Å². The van der Waals surface area contributed by atoms with Gasteiger partial charge in [0.05, 0.1) is 7.11 Å². The normalized spacial score (nSPS) is 16.5. The summed E-state index contributed by atoms with van der Waals surface area (Å²) in [6, 6.07) is 18.4. The van der Waals surface area contributed by atoms with Crippen molar-refractivity contribution in [2.45, 2.75) is 51.1 Å². The molecular formula is C25H29N3O2. The van der Waals surface area contributed by atoms with E-state index in [9.17, 15) is 4.79 Å². The van der Waals surface area contributed by atoms with E-state index in [0.29, 0.717) is 19.0 Å². The molecule has 2 atom stereocenters. The Hall–Kier alpha value is -3.08. The van der Waals surface area contributed by atoms with Gasteiger partial charge in [0.2, 0.25) is 5.91 Å². The van der Waals surface area contributed by atoms with E-state index in [2.05, 4.69) is 22.9 Å². The Labute approximate surface area is 178 Å². The average Bonchev–Trinajstić information content (AvgIpc) is 3.22. The molecule has 3 aromatic rings. The molecule has 0 spiro atoms. The van der Waals surface area contributed by atoms with Crippen LogP contribution in [0.15, 0.2) is 60.8 Å². The third kappa shape index (κ3) is 4.40. The molecule has 0 saturated heterocycles. The summed E-state index contributed by atoms with van der Waals surface area (Å²) >= 11 is 0. The lowest BCUT2D eigenvalue weighted by Gasteiger charge is -2.27. The molecule has 1 aliphatic heterocycles. The number of aryl methyl sites for hydroxylation is 1. The summed E-state index contributed by atoms with van der Waals surface area (Å²) in [5.41, 5.74) is 3.28. The number of rotatable bonds is 7. The molecule has 1 N–H and O–H groups in total. The standard InChI is InChI=1S/C25H29N3O2/c1-18-8-6-13-24-26-17-23(28(18)24)22(20-11-7-12-21(14-20)30-2)15-25(29)27-16-19-9-4-3-5-10-19/h3-5,7,9-12,14,17-18,22H,6,8,13,15-16H2,1-2H3,(H,27,29)/t18-,22+/m0/s1. The summed E-state index contributed by atoms with van der Waals surface area (Å²) in [5, 5.41) is 3.08. The van der Waals surface area contributed by atoms with Crippen LogP contribution in [0.2, 0.25) is 0 Å². The number of amides is 1. The Bertz CT molecular complexity index is 997. The van der Waals surface area contributed by atoms with Crippen LogP contribution in [0, 0.1) is 0 Å². The summed E-state index contributed by atoms with van der Waals surface area (Å²) < 4.78 is 7.79. The number of ether oxygens (including phenoxy) is 1. The fourth-order valence-electron chi connectivity index (χ4n) is 4.36. The highest BCUT2D eigenvalue weighted by atomic mass is 16.5. The van der Waals surface area contributed by atoms with Crippen molar-refractivity contribution in [3.05, 3.63) is 83.4 Å². The minimum atomic E-state index is -0.0716. The van der Waals surface area contributed by atoms with E-state index in [1.54, 1.807) is 7.11 Å². The molecule has 0 unspecified atom stereocenters. The molecule has 0 bridgehead atoms. The topological polar surface area (TPSA) is 56.1 Å². The highest BCUT2D eigenvalue weighted by Crippen LogP contribution is 2.35. The molecule has 4 rings (SSSR count). The molecule has 0 aliphatic carbocycles. The fourth-order valence-corrected chi connectivity index (χ4v) is 4.36. The Morgan fingerprint density at radius 3 is 2.87 bits per heavy atom. The number of nitrogens with one attached hydrogen (secondary N) is 1. The van der Waals surface area contributed by atoms with E-state index in [1.807, 2.05) is 54.7 Å². The number of benzene rings is 2. The number of fused-ring (bicyclic) bond motifs is 1. The summed E-state index contributed by atoms with van der Waals surface area (Å²) in [6.45, 7) is 2.78. The van der Waals surface area contributed by atoms with Crippen LogP contribution in [-0.4, -0.2) is 22.6 Å². The largest absolute Gasteiger partial charge is 0.497 e. The van der Waals surface area contributed by atoms with Crippen LogP contribution < -0.4 is 10.1 Å². The van der Waals surface area contributed by atoms with Crippen LogP contribution in [0.3, 0.4) is 0 Å². The molecular weight excluding hydrogens is 374 g/mol. The van der Waals surface area contributed by atoms with Crippen molar-refractivity contribution >= 4 is 5.91 Å². The van der Waals surface area contributed by atoms with Gasteiger partial charge in [0.25, 0.3) is 0 Å². The third-order valence-corrected chi connectivity index (χ3v) is 5.94. The second-order valence-electron chi connectivity index (χ2n) is 8.01. The van der Waals surface area contributed by atoms with E-state index in [4.69, 9.17) is 9.72 Å². The number of hydrogen-bond donors (Lipinski definition) is 1. The lowest BCUT2D eigenvalue weighted by molar-refractivity contribution is -0.121. The molecule has 1 aliphatic rings. The highest BCUT2D eigenvalue weighted by Gasteiger charge is 2.27. The Morgan fingerprint density at radius 2 is 2.07 bits per heavy atom. The van der Waals surface area contributed by atoms with Crippen molar-refractivity contribution in [2.24, 2.45) is 0 Å². The molecule has 0 saturated carbocycles. The Balaban J connectivity index is 1.61. The van der Waals surface area contributed by atoms with Gasteiger partial charge in [0.1, 0.15) is 11.6 Å². The first kappa shape index (κ1) is 20.2. The number of carbonyl (C=O) groups is 1. The van der Waals surface area contributed by atoms with Crippen molar-refractivity contribution in [2.75, 3.05) is 7.11 Å². The number of imidazole rings is 1. The van der Waals surface area contributed by atoms with Gasteiger partial charge < -0.3 is 14.6 Å². The SMILES string of the molecule is COc1cccc([C@@H](CC(=O)NCc2ccccc2)c2cnc3n2[C@@H](C)CCC3)c1. The average molecular weight is 404 g/mol. The second-order valence-corrected chi connectivity index (χ2v) is 8.01. The molecule has 1 amide bonds. The van der Waals surface area contributed by atoms with Gasteiger partial charge in [0, 0.05) is 43.2 Å². The lowest BCUT2D eigenvalue weighted by atomic mass is 9.91. The number of hydrogen-bond acceptors (Lipinski definition) is 3. The molecule has 5 heteroatoms. The van der Waals surface area contributed by atoms with Crippen LogP contribution in [-0.2, 0) is 17.8 Å². The maximum atomic E-state index is 12.9. The van der Waals surface area contributed by atoms with Crippen LogP contribution >= 0.6 is 0 Å².